The molecule has 0 unspecified atom stereocenters. The van der Waals surface area contributed by atoms with Crippen molar-refractivity contribution in [3.05, 3.63) is 71.0 Å². The molecule has 2 aromatic rings. The van der Waals surface area contributed by atoms with Gasteiger partial charge < -0.3 is 24.4 Å². The molecule has 1 fully saturated rings. The zero-order valence-corrected chi connectivity index (χ0v) is 17.4. The Kier molecular flexibility index (Phi) is 5.88. The van der Waals surface area contributed by atoms with E-state index in [9.17, 15) is 9.90 Å². The first-order valence-electron chi connectivity index (χ1n) is 10.3. The van der Waals surface area contributed by atoms with Gasteiger partial charge in [0.25, 0.3) is 0 Å². The van der Waals surface area contributed by atoms with Crippen molar-refractivity contribution in [2.24, 2.45) is 0 Å². The van der Waals surface area contributed by atoms with Crippen molar-refractivity contribution >= 4 is 11.9 Å². The molecular formula is C24H28N2O4+2. The van der Waals surface area contributed by atoms with Crippen LogP contribution in [0.5, 0.6) is 17.2 Å². The number of allylic oxidation sites excluding steroid dienone is 3. The Bertz CT molecular complexity index is 1000. The molecular weight excluding hydrogens is 380 g/mol. The maximum atomic E-state index is 12.8. The molecule has 1 saturated heterocycles. The molecule has 0 aliphatic carbocycles. The summed E-state index contributed by atoms with van der Waals surface area (Å²) in [7, 11) is 3.83. The van der Waals surface area contributed by atoms with E-state index in [0.717, 1.165) is 37.5 Å². The highest BCUT2D eigenvalue weighted by Crippen LogP contribution is 2.38. The molecule has 0 amide bonds. The summed E-state index contributed by atoms with van der Waals surface area (Å²) in [6.45, 7) is 4.92. The van der Waals surface area contributed by atoms with Crippen LogP contribution in [-0.2, 0) is 6.54 Å². The van der Waals surface area contributed by atoms with E-state index < -0.39 is 0 Å². The number of carbonyl (C=O) groups is 1. The van der Waals surface area contributed by atoms with Crippen LogP contribution in [0.3, 0.4) is 0 Å². The standard InChI is InChI=1S/C24H26N2O4/c1-25-12-14-26(15-13-25)16-19-20(27)11-10-18-23(28)22(30-24(18)19)9-5-7-17-6-3-4-8-21(17)29-2/h3-11,27H,12-16H2,1-2H3/p+2/b7-5+,22-9+. The van der Waals surface area contributed by atoms with E-state index in [4.69, 9.17) is 9.47 Å². The smallest absolute Gasteiger partial charge is 0.231 e. The second-order valence-electron chi connectivity index (χ2n) is 7.89. The minimum absolute atomic E-state index is 0.159. The van der Waals surface area contributed by atoms with Crippen molar-refractivity contribution in [1.82, 2.24) is 0 Å². The largest absolute Gasteiger partial charge is 0.507 e. The summed E-state index contributed by atoms with van der Waals surface area (Å²) >= 11 is 0. The van der Waals surface area contributed by atoms with Crippen LogP contribution in [0.2, 0.25) is 0 Å². The van der Waals surface area contributed by atoms with Crippen LogP contribution >= 0.6 is 0 Å². The molecule has 30 heavy (non-hydrogen) atoms. The minimum Gasteiger partial charge on any atom is -0.507 e. The number of phenols is 1. The molecule has 156 valence electrons. The molecule has 0 spiro atoms. The molecule has 6 heteroatoms. The minimum atomic E-state index is -0.159. The summed E-state index contributed by atoms with van der Waals surface area (Å²) in [6, 6.07) is 10.9. The number of hydrogen-bond acceptors (Lipinski definition) is 4. The maximum Gasteiger partial charge on any atom is 0.231 e. The van der Waals surface area contributed by atoms with Gasteiger partial charge in [-0.1, -0.05) is 30.4 Å². The van der Waals surface area contributed by atoms with Gasteiger partial charge in [0.05, 0.1) is 25.3 Å². The molecule has 2 heterocycles. The second-order valence-corrected chi connectivity index (χ2v) is 7.89. The first-order valence-corrected chi connectivity index (χ1v) is 10.3. The Morgan fingerprint density at radius 2 is 1.90 bits per heavy atom. The SMILES string of the molecule is COc1ccccc1/C=C/C=C1/Oc2c(ccc(O)c2C[NH+]2CC[NH+](C)CC2)C1=O. The molecule has 2 aromatic carbocycles. The lowest BCUT2D eigenvalue weighted by molar-refractivity contribution is -1.01. The zero-order chi connectivity index (χ0) is 21.1. The lowest BCUT2D eigenvalue weighted by Gasteiger charge is -2.27. The van der Waals surface area contributed by atoms with Crippen LogP contribution < -0.4 is 19.3 Å². The summed E-state index contributed by atoms with van der Waals surface area (Å²) in [5, 5.41) is 10.5. The van der Waals surface area contributed by atoms with Crippen molar-refractivity contribution in [2.75, 3.05) is 40.3 Å². The fourth-order valence-electron chi connectivity index (χ4n) is 3.98. The van der Waals surface area contributed by atoms with Gasteiger partial charge in [0, 0.05) is 5.56 Å². The monoisotopic (exact) mass is 408 g/mol. The van der Waals surface area contributed by atoms with E-state index in [1.54, 1.807) is 31.4 Å². The Hall–Kier alpha value is -3.09. The molecule has 0 radical (unpaired) electrons. The van der Waals surface area contributed by atoms with E-state index in [0.29, 0.717) is 23.4 Å². The van der Waals surface area contributed by atoms with E-state index in [1.165, 1.54) is 9.80 Å². The summed E-state index contributed by atoms with van der Waals surface area (Å²) in [6.07, 6.45) is 5.33. The molecule has 0 saturated carbocycles. The number of phenolic OH excluding ortho intramolecular Hbond substituents is 1. The number of aromatic hydroxyl groups is 1. The first kappa shape index (κ1) is 20.2. The maximum absolute atomic E-state index is 12.8. The van der Waals surface area contributed by atoms with Gasteiger partial charge in [0.2, 0.25) is 5.78 Å². The van der Waals surface area contributed by atoms with E-state index >= 15 is 0 Å². The zero-order valence-electron chi connectivity index (χ0n) is 17.4. The van der Waals surface area contributed by atoms with Gasteiger partial charge >= 0.3 is 0 Å². The fraction of sp³-hybridized carbons (Fsp3) is 0.292. The van der Waals surface area contributed by atoms with Gasteiger partial charge in [0.15, 0.2) is 11.5 Å². The van der Waals surface area contributed by atoms with E-state index in [2.05, 4.69) is 7.05 Å². The van der Waals surface area contributed by atoms with Gasteiger partial charge in [0.1, 0.15) is 44.2 Å². The highest BCUT2D eigenvalue weighted by molar-refractivity contribution is 6.12. The molecule has 2 aliphatic rings. The number of Topliss-reactive ketones (excluding diaryl/α,β-unsaturated/α-hetero) is 1. The number of likely N-dealkylation sites (N-methyl/N-ethyl adjacent to an activating group) is 1. The average molecular weight is 408 g/mol. The highest BCUT2D eigenvalue weighted by atomic mass is 16.5. The van der Waals surface area contributed by atoms with Crippen LogP contribution in [0.4, 0.5) is 0 Å². The summed E-state index contributed by atoms with van der Waals surface area (Å²) < 4.78 is 11.3. The summed E-state index contributed by atoms with van der Waals surface area (Å²) in [5.74, 6) is 1.55. The quantitative estimate of drug-likeness (QED) is 0.630. The summed E-state index contributed by atoms with van der Waals surface area (Å²) in [5.41, 5.74) is 2.14. The Balaban J connectivity index is 1.55. The van der Waals surface area contributed by atoms with E-state index in [-0.39, 0.29) is 17.3 Å². The number of carbonyl (C=O) groups excluding carboxylic acids is 1. The van der Waals surface area contributed by atoms with E-state index in [1.807, 2.05) is 30.3 Å². The number of benzene rings is 2. The number of nitrogens with one attached hydrogen (secondary N) is 2. The molecule has 3 N–H and O–H groups in total. The first-order chi connectivity index (χ1) is 14.6. The lowest BCUT2D eigenvalue weighted by atomic mass is 10.0. The molecule has 0 atom stereocenters. The van der Waals surface area contributed by atoms with Crippen LogP contribution in [-0.4, -0.2) is 51.2 Å². The number of fused-ring (bicyclic) bond motifs is 1. The topological polar surface area (TPSA) is 64.6 Å². The highest BCUT2D eigenvalue weighted by Gasteiger charge is 2.33. The lowest BCUT2D eigenvalue weighted by Crippen LogP contribution is -3.26. The number of ketones is 1. The van der Waals surface area contributed by atoms with Gasteiger partial charge in [-0.05, 0) is 24.3 Å². The van der Waals surface area contributed by atoms with Gasteiger partial charge in [-0.25, -0.2) is 0 Å². The molecule has 0 bridgehead atoms. The molecule has 4 rings (SSSR count). The van der Waals surface area contributed by atoms with Crippen LogP contribution in [0.25, 0.3) is 6.08 Å². The van der Waals surface area contributed by atoms with Gasteiger partial charge in [-0.2, -0.15) is 0 Å². The number of rotatable bonds is 5. The summed E-state index contributed by atoms with van der Waals surface area (Å²) in [4.78, 5) is 15.7. The number of methoxy groups -OCH3 is 1. The molecule has 0 aromatic heterocycles. The van der Waals surface area contributed by atoms with Crippen LogP contribution in [0.15, 0.2) is 54.3 Å². The Morgan fingerprint density at radius 1 is 1.13 bits per heavy atom. The predicted octanol–water partition coefficient (Wildman–Crippen LogP) is 0.486. The fourth-order valence-corrected chi connectivity index (χ4v) is 3.98. The normalized spacial score (nSPS) is 22.3. The van der Waals surface area contributed by atoms with Gasteiger partial charge in [-0.15, -0.1) is 0 Å². The molecule has 6 nitrogen and oxygen atoms in total. The number of piperazine rings is 1. The third-order valence-electron chi connectivity index (χ3n) is 5.82. The number of quaternary nitrogens is 2. The van der Waals surface area contributed by atoms with Crippen molar-refractivity contribution in [3.63, 3.8) is 0 Å². The Labute approximate surface area is 176 Å². The second kappa shape index (κ2) is 8.73. The van der Waals surface area contributed by atoms with Crippen molar-refractivity contribution in [1.29, 1.82) is 0 Å². The third kappa shape index (κ3) is 4.10. The average Bonchev–Trinajstić information content (AvgIpc) is 3.08. The number of hydrogen-bond donors (Lipinski definition) is 3. The van der Waals surface area contributed by atoms with Crippen molar-refractivity contribution in [3.8, 4) is 17.2 Å². The van der Waals surface area contributed by atoms with Gasteiger partial charge in [-0.3, -0.25) is 4.79 Å². The molecule has 2 aliphatic heterocycles. The van der Waals surface area contributed by atoms with Crippen molar-refractivity contribution < 1.29 is 29.2 Å². The Morgan fingerprint density at radius 3 is 2.67 bits per heavy atom. The van der Waals surface area contributed by atoms with Crippen LogP contribution in [0.1, 0.15) is 21.5 Å². The predicted molar refractivity (Wildman–Crippen MR) is 114 cm³/mol. The van der Waals surface area contributed by atoms with Crippen molar-refractivity contribution in [2.45, 2.75) is 6.54 Å². The van der Waals surface area contributed by atoms with Crippen LogP contribution in [0, 0.1) is 0 Å². The third-order valence-corrected chi connectivity index (χ3v) is 5.82. The number of ether oxygens (including phenoxy) is 2. The number of para-hydroxylation sites is 1.